The maximum Gasteiger partial charge on any atom is 0.272 e. The van der Waals surface area contributed by atoms with E-state index >= 15 is 0 Å². The van der Waals surface area contributed by atoms with Crippen LogP contribution in [0.25, 0.3) is 11.0 Å². The minimum Gasteiger partial charge on any atom is -0.391 e. The molecule has 7 nitrogen and oxygen atoms in total. The molecule has 0 bridgehead atoms. The minimum absolute atomic E-state index is 0.00520. The van der Waals surface area contributed by atoms with Crippen LogP contribution in [0.2, 0.25) is 0 Å². The summed E-state index contributed by atoms with van der Waals surface area (Å²) in [6.07, 6.45) is 3.77. The van der Waals surface area contributed by atoms with Crippen molar-refractivity contribution in [3.8, 4) is 0 Å². The summed E-state index contributed by atoms with van der Waals surface area (Å²) in [4.78, 5) is 34.6. The molecule has 2 amide bonds. The molecule has 7 heteroatoms. The maximum atomic E-state index is 13.9. The van der Waals surface area contributed by atoms with Crippen LogP contribution < -0.4 is 11.1 Å². The van der Waals surface area contributed by atoms with Gasteiger partial charge in [0.1, 0.15) is 5.69 Å². The Kier molecular flexibility index (Phi) is 7.88. The number of hydrogen-bond donors (Lipinski definition) is 3. The van der Waals surface area contributed by atoms with Crippen LogP contribution in [0.1, 0.15) is 75.9 Å². The summed E-state index contributed by atoms with van der Waals surface area (Å²) >= 11 is 0. The monoisotopic (exact) mass is 516 g/mol. The van der Waals surface area contributed by atoms with Crippen LogP contribution in [0.4, 0.5) is 0 Å². The fourth-order valence-electron chi connectivity index (χ4n) is 6.79. The SMILES string of the molecule is CC1(C)CC([C@](Cc2ccccc2)(NC(=O)c2cnc3ccccc3n2)[C@@H](O)CCC(N)=O)CC(C)(C)C1. The van der Waals surface area contributed by atoms with Gasteiger partial charge in [-0.25, -0.2) is 4.98 Å². The number of fused-ring (bicyclic) bond motifs is 1. The predicted molar refractivity (Wildman–Crippen MR) is 149 cm³/mol. The molecule has 4 N–H and O–H groups in total. The maximum absolute atomic E-state index is 13.9. The summed E-state index contributed by atoms with van der Waals surface area (Å²) in [5.41, 5.74) is 6.98. The number of nitrogens with zero attached hydrogens (tertiary/aromatic N) is 2. The van der Waals surface area contributed by atoms with Crippen LogP contribution in [-0.2, 0) is 11.2 Å². The minimum atomic E-state index is -1.05. The van der Waals surface area contributed by atoms with Crippen LogP contribution in [0.3, 0.4) is 0 Å². The topological polar surface area (TPSA) is 118 Å². The fraction of sp³-hybridized carbons (Fsp3) is 0.484. The van der Waals surface area contributed by atoms with Crippen molar-refractivity contribution in [1.29, 1.82) is 0 Å². The van der Waals surface area contributed by atoms with E-state index in [1.165, 1.54) is 6.20 Å². The molecule has 0 aliphatic heterocycles. The first-order chi connectivity index (χ1) is 17.9. The lowest BCUT2D eigenvalue weighted by Gasteiger charge is -2.54. The first-order valence-corrected chi connectivity index (χ1v) is 13.4. The van der Waals surface area contributed by atoms with Crippen molar-refractivity contribution in [3.63, 3.8) is 0 Å². The second-order valence-corrected chi connectivity index (χ2v) is 12.5. The molecule has 38 heavy (non-hydrogen) atoms. The number of carbonyl (C=O) groups excluding carboxylic acids is 2. The van der Waals surface area contributed by atoms with Crippen molar-refractivity contribution >= 4 is 22.8 Å². The van der Waals surface area contributed by atoms with Gasteiger partial charge in [-0.2, -0.15) is 0 Å². The Labute approximate surface area is 225 Å². The first kappa shape index (κ1) is 27.7. The first-order valence-electron chi connectivity index (χ1n) is 13.4. The number of nitrogens with two attached hydrogens (primary N) is 1. The largest absolute Gasteiger partial charge is 0.391 e. The van der Waals surface area contributed by atoms with Crippen molar-refractivity contribution in [2.45, 2.75) is 77.9 Å². The Morgan fingerprint density at radius 3 is 2.26 bits per heavy atom. The molecule has 1 heterocycles. The van der Waals surface area contributed by atoms with E-state index < -0.39 is 23.5 Å². The molecule has 1 fully saturated rings. The molecule has 2 atom stereocenters. The molecular formula is C31H40N4O3. The van der Waals surface area contributed by atoms with E-state index in [0.29, 0.717) is 17.5 Å². The Balaban J connectivity index is 1.81. The molecule has 3 aromatic rings. The number of hydrogen-bond acceptors (Lipinski definition) is 5. The van der Waals surface area contributed by atoms with Crippen LogP contribution in [0.5, 0.6) is 0 Å². The van der Waals surface area contributed by atoms with Crippen molar-refractivity contribution in [2.75, 3.05) is 0 Å². The Bertz CT molecular complexity index is 1270. The highest BCUT2D eigenvalue weighted by Crippen LogP contribution is 2.52. The number of aliphatic hydroxyl groups is 1. The molecule has 1 aliphatic carbocycles. The molecule has 1 saturated carbocycles. The van der Waals surface area contributed by atoms with Crippen LogP contribution >= 0.6 is 0 Å². The molecule has 202 valence electrons. The standard InChI is InChI=1S/C31H40N4O3/c1-29(2)17-22(18-30(3,4)20-29)31(26(36)14-15-27(32)37,16-21-10-6-5-7-11-21)35-28(38)25-19-33-23-12-8-9-13-24(23)34-25/h5-13,19,22,26,36H,14-18,20H2,1-4H3,(H2,32,37)(H,35,38)/t26-,31-/m0/s1. The van der Waals surface area contributed by atoms with Gasteiger partial charge in [0.15, 0.2) is 0 Å². The second kappa shape index (κ2) is 10.8. The summed E-state index contributed by atoms with van der Waals surface area (Å²) in [5, 5.41) is 15.2. The van der Waals surface area contributed by atoms with Crippen molar-refractivity contribution in [3.05, 3.63) is 72.1 Å². The van der Waals surface area contributed by atoms with Crippen LogP contribution in [-0.4, -0.2) is 38.5 Å². The molecule has 1 aliphatic rings. The molecule has 0 unspecified atom stereocenters. The average Bonchev–Trinajstić information content (AvgIpc) is 2.85. The zero-order valence-electron chi connectivity index (χ0n) is 22.9. The van der Waals surface area contributed by atoms with E-state index in [-0.39, 0.29) is 35.3 Å². The number of benzene rings is 2. The third-order valence-electron chi connectivity index (χ3n) is 7.91. The average molecular weight is 517 g/mol. The number of nitrogens with one attached hydrogen (secondary N) is 1. The Hall–Kier alpha value is -3.32. The highest BCUT2D eigenvalue weighted by Gasteiger charge is 2.52. The van der Waals surface area contributed by atoms with Crippen LogP contribution in [0, 0.1) is 16.7 Å². The summed E-state index contributed by atoms with van der Waals surface area (Å²) in [6.45, 7) is 9.00. The molecule has 1 aromatic heterocycles. The highest BCUT2D eigenvalue weighted by atomic mass is 16.3. The lowest BCUT2D eigenvalue weighted by atomic mass is 9.55. The zero-order chi connectivity index (χ0) is 27.6. The number of primary amides is 1. The van der Waals surface area contributed by atoms with Gasteiger partial charge in [0.05, 0.1) is 28.9 Å². The summed E-state index contributed by atoms with van der Waals surface area (Å²) in [5.74, 6) is -0.922. The lowest BCUT2D eigenvalue weighted by molar-refractivity contribution is -0.119. The molecule has 0 saturated heterocycles. The van der Waals surface area contributed by atoms with Gasteiger partial charge in [-0.15, -0.1) is 0 Å². The number of carbonyl (C=O) groups is 2. The van der Waals surface area contributed by atoms with E-state index in [1.807, 2.05) is 54.6 Å². The van der Waals surface area contributed by atoms with Gasteiger partial charge >= 0.3 is 0 Å². The quantitative estimate of drug-likeness (QED) is 0.377. The Morgan fingerprint density at radius 1 is 1.03 bits per heavy atom. The summed E-state index contributed by atoms with van der Waals surface area (Å²) in [7, 11) is 0. The third-order valence-corrected chi connectivity index (χ3v) is 7.91. The number of aliphatic hydroxyl groups excluding tert-OH is 1. The number of para-hydroxylation sites is 2. The number of rotatable bonds is 9. The Morgan fingerprint density at radius 2 is 1.63 bits per heavy atom. The molecular weight excluding hydrogens is 476 g/mol. The second-order valence-electron chi connectivity index (χ2n) is 12.5. The molecule has 0 radical (unpaired) electrons. The highest BCUT2D eigenvalue weighted by molar-refractivity contribution is 5.94. The number of aromatic nitrogens is 2. The lowest BCUT2D eigenvalue weighted by Crippen LogP contribution is -2.65. The zero-order valence-corrected chi connectivity index (χ0v) is 22.9. The van der Waals surface area contributed by atoms with E-state index in [2.05, 4.69) is 43.0 Å². The predicted octanol–water partition coefficient (Wildman–Crippen LogP) is 4.82. The normalized spacial score (nSPS) is 19.4. The molecule has 0 spiro atoms. The number of amides is 2. The summed E-state index contributed by atoms with van der Waals surface area (Å²) in [6, 6.07) is 17.3. The summed E-state index contributed by atoms with van der Waals surface area (Å²) < 4.78 is 0. The van der Waals surface area contributed by atoms with Gasteiger partial charge in [-0.3, -0.25) is 14.6 Å². The van der Waals surface area contributed by atoms with Crippen molar-refractivity contribution in [2.24, 2.45) is 22.5 Å². The van der Waals surface area contributed by atoms with E-state index in [1.54, 1.807) is 0 Å². The van der Waals surface area contributed by atoms with Crippen molar-refractivity contribution < 1.29 is 14.7 Å². The third kappa shape index (κ3) is 6.38. The van der Waals surface area contributed by atoms with Gasteiger partial charge < -0.3 is 16.2 Å². The van der Waals surface area contributed by atoms with E-state index in [9.17, 15) is 14.7 Å². The van der Waals surface area contributed by atoms with Crippen LogP contribution in [0.15, 0.2) is 60.8 Å². The van der Waals surface area contributed by atoms with Gasteiger partial charge in [0.2, 0.25) is 5.91 Å². The van der Waals surface area contributed by atoms with Gasteiger partial charge in [-0.05, 0) is 66.5 Å². The molecule has 4 rings (SSSR count). The van der Waals surface area contributed by atoms with Gasteiger partial charge in [-0.1, -0.05) is 70.2 Å². The molecule has 2 aromatic carbocycles. The van der Waals surface area contributed by atoms with Crippen molar-refractivity contribution in [1.82, 2.24) is 15.3 Å². The smallest absolute Gasteiger partial charge is 0.272 e. The fourth-order valence-corrected chi connectivity index (χ4v) is 6.79. The van der Waals surface area contributed by atoms with E-state index in [4.69, 9.17) is 5.73 Å². The van der Waals surface area contributed by atoms with Gasteiger partial charge in [0.25, 0.3) is 5.91 Å². The van der Waals surface area contributed by atoms with E-state index in [0.717, 1.165) is 24.8 Å². The van der Waals surface area contributed by atoms with Gasteiger partial charge in [0, 0.05) is 6.42 Å².